The summed E-state index contributed by atoms with van der Waals surface area (Å²) >= 11 is 0. The van der Waals surface area contributed by atoms with E-state index in [2.05, 4.69) is 4.72 Å². The summed E-state index contributed by atoms with van der Waals surface area (Å²) in [6.07, 6.45) is 0. The zero-order chi connectivity index (χ0) is 17.3. The fraction of sp³-hybridized carbons (Fsp3) is 0.105. The highest BCUT2D eigenvalue weighted by molar-refractivity contribution is 7.90. The number of hydrogen-bond acceptors (Lipinski definition) is 3. The Morgan fingerprint density at radius 3 is 2.33 bits per heavy atom. The van der Waals surface area contributed by atoms with Crippen molar-refractivity contribution < 1.29 is 13.2 Å². The Labute approximate surface area is 141 Å². The van der Waals surface area contributed by atoms with Crippen LogP contribution in [0.4, 0.5) is 0 Å². The first kappa shape index (κ1) is 16.2. The van der Waals surface area contributed by atoms with E-state index in [-0.39, 0.29) is 4.90 Å². The molecule has 24 heavy (non-hydrogen) atoms. The molecule has 0 aliphatic rings. The third-order valence-electron chi connectivity index (χ3n) is 4.04. The van der Waals surface area contributed by atoms with E-state index in [1.807, 2.05) is 32.0 Å². The molecule has 4 nitrogen and oxygen atoms in total. The van der Waals surface area contributed by atoms with Crippen LogP contribution in [0.1, 0.15) is 21.5 Å². The third kappa shape index (κ3) is 3.03. The molecule has 0 unspecified atom stereocenters. The van der Waals surface area contributed by atoms with E-state index in [1.165, 1.54) is 6.07 Å². The Balaban J connectivity index is 1.98. The molecule has 0 saturated heterocycles. The van der Waals surface area contributed by atoms with Crippen LogP contribution in [0.3, 0.4) is 0 Å². The van der Waals surface area contributed by atoms with Gasteiger partial charge in [-0.1, -0.05) is 42.5 Å². The van der Waals surface area contributed by atoms with Gasteiger partial charge in [0.25, 0.3) is 15.9 Å². The van der Waals surface area contributed by atoms with Crippen LogP contribution in [0.25, 0.3) is 10.8 Å². The van der Waals surface area contributed by atoms with E-state index in [0.29, 0.717) is 10.9 Å². The monoisotopic (exact) mass is 339 g/mol. The Hall–Kier alpha value is -2.66. The second-order valence-electron chi connectivity index (χ2n) is 5.71. The fourth-order valence-electron chi connectivity index (χ4n) is 2.55. The molecule has 1 N–H and O–H groups in total. The molecule has 0 atom stereocenters. The molecule has 3 rings (SSSR count). The van der Waals surface area contributed by atoms with Gasteiger partial charge in [-0.25, -0.2) is 13.1 Å². The maximum absolute atomic E-state index is 12.6. The van der Waals surface area contributed by atoms with Gasteiger partial charge < -0.3 is 0 Å². The maximum atomic E-state index is 12.6. The van der Waals surface area contributed by atoms with Gasteiger partial charge in [0.05, 0.1) is 4.90 Å². The summed E-state index contributed by atoms with van der Waals surface area (Å²) in [5.74, 6) is -0.633. The molecule has 3 aromatic rings. The number of hydrogen-bond donors (Lipinski definition) is 1. The number of carbonyl (C=O) groups excluding carboxylic acids is 1. The topological polar surface area (TPSA) is 63.2 Å². The van der Waals surface area contributed by atoms with Crippen molar-refractivity contribution in [3.05, 3.63) is 77.4 Å². The second-order valence-corrected chi connectivity index (χ2v) is 7.36. The quantitative estimate of drug-likeness (QED) is 0.793. The van der Waals surface area contributed by atoms with E-state index in [4.69, 9.17) is 0 Å². The number of aryl methyl sites for hydroxylation is 2. The predicted molar refractivity (Wildman–Crippen MR) is 94.5 cm³/mol. The molecule has 0 aliphatic heterocycles. The van der Waals surface area contributed by atoms with Crippen molar-refractivity contribution in [2.24, 2.45) is 0 Å². The molecule has 0 radical (unpaired) electrons. The van der Waals surface area contributed by atoms with Crippen molar-refractivity contribution in [1.29, 1.82) is 0 Å². The predicted octanol–water partition coefficient (Wildman–Crippen LogP) is 3.58. The summed E-state index contributed by atoms with van der Waals surface area (Å²) in [4.78, 5) is 12.4. The lowest BCUT2D eigenvalue weighted by Crippen LogP contribution is -2.30. The highest BCUT2D eigenvalue weighted by Gasteiger charge is 2.21. The van der Waals surface area contributed by atoms with Crippen molar-refractivity contribution >= 4 is 26.7 Å². The minimum absolute atomic E-state index is 0.0952. The third-order valence-corrected chi connectivity index (χ3v) is 5.42. The molecule has 122 valence electrons. The minimum Gasteiger partial charge on any atom is -0.268 e. The molecule has 0 aliphatic carbocycles. The zero-order valence-corrected chi connectivity index (χ0v) is 14.2. The smallest absolute Gasteiger partial charge is 0.265 e. The van der Waals surface area contributed by atoms with Crippen molar-refractivity contribution in [3.8, 4) is 0 Å². The Morgan fingerprint density at radius 1 is 0.875 bits per heavy atom. The summed E-state index contributed by atoms with van der Waals surface area (Å²) < 4.78 is 27.5. The summed E-state index contributed by atoms with van der Waals surface area (Å²) in [7, 11) is -3.96. The second kappa shape index (κ2) is 6.09. The normalized spacial score (nSPS) is 11.4. The molecule has 1 amide bonds. The van der Waals surface area contributed by atoms with E-state index >= 15 is 0 Å². The zero-order valence-electron chi connectivity index (χ0n) is 13.4. The van der Waals surface area contributed by atoms with Crippen LogP contribution in [0.5, 0.6) is 0 Å². The highest BCUT2D eigenvalue weighted by atomic mass is 32.2. The Kier molecular flexibility index (Phi) is 4.11. The number of nitrogens with one attached hydrogen (secondary N) is 1. The molecule has 5 heteroatoms. The molecule has 0 fully saturated rings. The van der Waals surface area contributed by atoms with Crippen LogP contribution in [-0.4, -0.2) is 14.3 Å². The van der Waals surface area contributed by atoms with Gasteiger partial charge in [-0.2, -0.15) is 0 Å². The van der Waals surface area contributed by atoms with Gasteiger partial charge >= 0.3 is 0 Å². The molecule has 0 heterocycles. The van der Waals surface area contributed by atoms with E-state index in [0.717, 1.165) is 16.5 Å². The van der Waals surface area contributed by atoms with Crippen LogP contribution in [0, 0.1) is 13.8 Å². The van der Waals surface area contributed by atoms with Gasteiger partial charge in [-0.15, -0.1) is 0 Å². The van der Waals surface area contributed by atoms with Gasteiger partial charge in [-0.3, -0.25) is 4.79 Å². The summed E-state index contributed by atoms with van der Waals surface area (Å²) in [6.45, 7) is 3.81. The highest BCUT2D eigenvalue weighted by Crippen LogP contribution is 2.23. The van der Waals surface area contributed by atoms with Crippen molar-refractivity contribution in [3.63, 3.8) is 0 Å². The van der Waals surface area contributed by atoms with Crippen molar-refractivity contribution in [2.75, 3.05) is 0 Å². The minimum atomic E-state index is -3.96. The van der Waals surface area contributed by atoms with E-state index in [1.54, 1.807) is 36.4 Å². The Morgan fingerprint density at radius 2 is 1.58 bits per heavy atom. The number of amides is 1. The molecule has 3 aromatic carbocycles. The summed E-state index contributed by atoms with van der Waals surface area (Å²) in [6, 6.07) is 17.3. The van der Waals surface area contributed by atoms with Gasteiger partial charge in [0.1, 0.15) is 0 Å². The van der Waals surface area contributed by atoms with Gasteiger partial charge in [-0.05, 0) is 48.6 Å². The van der Waals surface area contributed by atoms with Crippen LogP contribution in [0.15, 0.2) is 65.6 Å². The number of benzene rings is 3. The van der Waals surface area contributed by atoms with Crippen LogP contribution in [-0.2, 0) is 10.0 Å². The summed E-state index contributed by atoms with van der Waals surface area (Å²) in [5.41, 5.74) is 2.30. The average molecular weight is 339 g/mol. The maximum Gasteiger partial charge on any atom is 0.265 e. The molecular formula is C19H17NO3S. The molecule has 0 spiro atoms. The lowest BCUT2D eigenvalue weighted by molar-refractivity contribution is 0.0981. The van der Waals surface area contributed by atoms with Gasteiger partial charge in [0, 0.05) is 10.9 Å². The number of rotatable bonds is 3. The summed E-state index contributed by atoms with van der Waals surface area (Å²) in [5, 5.41) is 1.39. The lowest BCUT2D eigenvalue weighted by Gasteiger charge is -2.10. The first-order chi connectivity index (χ1) is 11.4. The molecule has 0 saturated carbocycles. The van der Waals surface area contributed by atoms with Crippen LogP contribution < -0.4 is 4.72 Å². The molecule has 0 aromatic heterocycles. The average Bonchev–Trinajstić information content (AvgIpc) is 2.56. The van der Waals surface area contributed by atoms with E-state index in [9.17, 15) is 13.2 Å². The molecular weight excluding hydrogens is 322 g/mol. The molecule has 0 bridgehead atoms. The largest absolute Gasteiger partial charge is 0.268 e. The van der Waals surface area contributed by atoms with E-state index < -0.39 is 15.9 Å². The number of fused-ring (bicyclic) bond motifs is 1. The van der Waals surface area contributed by atoms with Crippen molar-refractivity contribution in [2.45, 2.75) is 18.7 Å². The van der Waals surface area contributed by atoms with Crippen LogP contribution in [0.2, 0.25) is 0 Å². The van der Waals surface area contributed by atoms with Gasteiger partial charge in [0.2, 0.25) is 0 Å². The van der Waals surface area contributed by atoms with Crippen molar-refractivity contribution in [1.82, 2.24) is 4.72 Å². The fourth-order valence-corrected chi connectivity index (χ4v) is 3.75. The SMILES string of the molecule is Cc1ccc(C(=O)NS(=O)(=O)c2cccc3ccccc23)cc1C. The van der Waals surface area contributed by atoms with Crippen LogP contribution >= 0.6 is 0 Å². The number of carbonyl (C=O) groups is 1. The first-order valence-electron chi connectivity index (χ1n) is 7.51. The number of sulfonamides is 1. The Bertz CT molecular complexity index is 1030. The van der Waals surface area contributed by atoms with Gasteiger partial charge in [0.15, 0.2) is 0 Å². The lowest BCUT2D eigenvalue weighted by atomic mass is 10.1. The first-order valence-corrected chi connectivity index (χ1v) is 8.99. The standard InChI is InChI=1S/C19H17NO3S/c1-13-10-11-16(12-14(13)2)19(21)20-24(22,23)18-9-5-7-15-6-3-4-8-17(15)18/h3-12H,1-2H3,(H,20,21).